The van der Waals surface area contributed by atoms with Crippen LogP contribution in [0.25, 0.3) is 87.5 Å². The maximum atomic E-state index is 5.31. The minimum atomic E-state index is 0.960. The molecule has 3 heteroatoms. The summed E-state index contributed by atoms with van der Waals surface area (Å²) in [5, 5.41) is 0.960. The van der Waals surface area contributed by atoms with E-state index in [2.05, 4.69) is 181 Å². The summed E-state index contributed by atoms with van der Waals surface area (Å²) in [6.45, 7) is 0. The van der Waals surface area contributed by atoms with Crippen LogP contribution < -0.4 is 0 Å². The molecule has 0 aliphatic carbocycles. The Balaban J connectivity index is 1.31. The Kier molecular flexibility index (Phi) is 8.09. The van der Waals surface area contributed by atoms with Crippen molar-refractivity contribution in [1.29, 1.82) is 0 Å². The molecule has 0 saturated heterocycles. The van der Waals surface area contributed by atoms with Crippen molar-refractivity contribution in [3.8, 4) is 77.3 Å². The summed E-state index contributed by atoms with van der Waals surface area (Å²) in [6.07, 6.45) is 3.71. The molecule has 0 radical (unpaired) electrons. The van der Waals surface area contributed by atoms with E-state index in [1.54, 1.807) is 11.3 Å². The highest BCUT2D eigenvalue weighted by Gasteiger charge is 2.17. The lowest BCUT2D eigenvalue weighted by molar-refractivity contribution is 1.32. The van der Waals surface area contributed by atoms with Crippen LogP contribution in [-0.4, -0.2) is 9.97 Å². The van der Waals surface area contributed by atoms with Crippen molar-refractivity contribution in [2.75, 3.05) is 0 Å². The summed E-state index contributed by atoms with van der Waals surface area (Å²) < 4.78 is 1.14. The first-order valence-electron chi connectivity index (χ1n) is 17.1. The van der Waals surface area contributed by atoms with Crippen LogP contribution >= 0.6 is 11.3 Å². The predicted molar refractivity (Wildman–Crippen MR) is 215 cm³/mol. The lowest BCUT2D eigenvalue weighted by atomic mass is 9.90. The topological polar surface area (TPSA) is 25.8 Å². The second-order valence-electron chi connectivity index (χ2n) is 12.7. The Hall–Kier alpha value is -6.42. The molecule has 2 aromatic heterocycles. The molecule has 9 rings (SSSR count). The van der Waals surface area contributed by atoms with Crippen molar-refractivity contribution < 1.29 is 0 Å². The van der Waals surface area contributed by atoms with E-state index in [9.17, 15) is 0 Å². The van der Waals surface area contributed by atoms with Crippen LogP contribution in [0.15, 0.2) is 194 Å². The van der Waals surface area contributed by atoms with Crippen molar-refractivity contribution in [1.82, 2.24) is 9.97 Å². The van der Waals surface area contributed by atoms with Crippen LogP contribution in [0.3, 0.4) is 0 Å². The molecular formula is C48H32N2S. The van der Waals surface area contributed by atoms with Gasteiger partial charge in [-0.3, -0.25) is 4.98 Å². The summed E-state index contributed by atoms with van der Waals surface area (Å²) in [5.41, 5.74) is 16.0. The molecule has 0 spiro atoms. The van der Waals surface area contributed by atoms with E-state index < -0.39 is 0 Å². The monoisotopic (exact) mass is 668 g/mol. The predicted octanol–water partition coefficient (Wildman–Crippen LogP) is 13.4. The number of nitrogens with zero attached hydrogens (tertiary/aromatic N) is 2. The second kappa shape index (κ2) is 13.5. The molecule has 7 aromatic carbocycles. The normalized spacial score (nSPS) is 11.1. The smallest absolute Gasteiger partial charge is 0.126 e. The van der Waals surface area contributed by atoms with E-state index in [4.69, 9.17) is 4.98 Å². The number of hydrogen-bond donors (Lipinski definition) is 0. The van der Waals surface area contributed by atoms with Crippen LogP contribution in [0.2, 0.25) is 0 Å². The number of thiazole rings is 1. The number of pyridine rings is 1. The molecule has 240 valence electrons. The zero-order chi connectivity index (χ0) is 34.0. The van der Waals surface area contributed by atoms with Crippen LogP contribution in [0.1, 0.15) is 0 Å². The van der Waals surface area contributed by atoms with Gasteiger partial charge in [-0.25, -0.2) is 4.98 Å². The average Bonchev–Trinajstić information content (AvgIpc) is 3.66. The zero-order valence-corrected chi connectivity index (χ0v) is 28.6. The Labute approximate surface area is 302 Å². The van der Waals surface area contributed by atoms with Gasteiger partial charge in [0.1, 0.15) is 5.01 Å². The van der Waals surface area contributed by atoms with E-state index in [1.165, 1.54) is 44.5 Å². The van der Waals surface area contributed by atoms with E-state index in [1.807, 2.05) is 18.5 Å². The molecule has 0 bridgehead atoms. The molecule has 2 heterocycles. The molecule has 0 fully saturated rings. The Bertz CT molecular complexity index is 2480. The Morgan fingerprint density at radius 1 is 0.333 bits per heavy atom. The molecule has 0 aliphatic heterocycles. The number of benzene rings is 7. The minimum absolute atomic E-state index is 0.960. The summed E-state index contributed by atoms with van der Waals surface area (Å²) in [4.78, 5) is 9.72. The first kappa shape index (κ1) is 30.6. The average molecular weight is 669 g/mol. The largest absolute Gasteiger partial charge is 0.264 e. The van der Waals surface area contributed by atoms with Crippen molar-refractivity contribution in [2.45, 2.75) is 0 Å². The van der Waals surface area contributed by atoms with E-state index in [0.717, 1.165) is 43.0 Å². The van der Waals surface area contributed by atoms with E-state index in [0.29, 0.717) is 0 Å². The molecule has 0 unspecified atom stereocenters. The molecule has 51 heavy (non-hydrogen) atoms. The van der Waals surface area contributed by atoms with Gasteiger partial charge < -0.3 is 0 Å². The first-order chi connectivity index (χ1) is 25.2. The molecular weight excluding hydrogens is 637 g/mol. The Morgan fingerprint density at radius 2 is 0.725 bits per heavy atom. The van der Waals surface area contributed by atoms with Gasteiger partial charge in [-0.15, -0.1) is 11.3 Å². The lowest BCUT2D eigenvalue weighted by Crippen LogP contribution is -1.90. The fourth-order valence-corrected chi connectivity index (χ4v) is 7.82. The third-order valence-corrected chi connectivity index (χ3v) is 10.4. The summed E-state index contributed by atoms with van der Waals surface area (Å²) in [5.74, 6) is 0. The number of fused-ring (bicyclic) bond motifs is 1. The fourth-order valence-electron chi connectivity index (χ4n) is 6.80. The molecule has 0 N–H and O–H groups in total. The molecule has 0 aliphatic rings. The maximum absolute atomic E-state index is 5.31. The highest BCUT2D eigenvalue weighted by Crippen LogP contribution is 2.43. The van der Waals surface area contributed by atoms with Gasteiger partial charge in [-0.1, -0.05) is 121 Å². The van der Waals surface area contributed by atoms with Gasteiger partial charge in [0, 0.05) is 23.5 Å². The quantitative estimate of drug-likeness (QED) is 0.169. The van der Waals surface area contributed by atoms with Gasteiger partial charge in [-0.2, -0.15) is 0 Å². The van der Waals surface area contributed by atoms with E-state index >= 15 is 0 Å². The molecule has 0 saturated carbocycles. The van der Waals surface area contributed by atoms with Gasteiger partial charge in [0.25, 0.3) is 0 Å². The second-order valence-corrected chi connectivity index (χ2v) is 13.7. The lowest BCUT2D eigenvalue weighted by Gasteiger charge is -2.15. The van der Waals surface area contributed by atoms with Crippen molar-refractivity contribution in [2.24, 2.45) is 0 Å². The molecule has 0 atom stereocenters. The summed E-state index contributed by atoms with van der Waals surface area (Å²) >= 11 is 1.72. The zero-order valence-electron chi connectivity index (χ0n) is 27.8. The van der Waals surface area contributed by atoms with Crippen LogP contribution in [0.5, 0.6) is 0 Å². The highest BCUT2D eigenvalue weighted by molar-refractivity contribution is 7.21. The number of aromatic nitrogens is 2. The van der Waals surface area contributed by atoms with Gasteiger partial charge in [-0.05, 0) is 122 Å². The van der Waals surface area contributed by atoms with Crippen molar-refractivity contribution in [3.63, 3.8) is 0 Å². The SMILES string of the molecule is c1ccc(-c2cc(-c3ccccc3)cc(-c3cc(-c4cc(-c5ccccc5)cc(-c5ccccc5)c4)c4nc(-c5cccnc5)sc4c3)c2)cc1. The minimum Gasteiger partial charge on any atom is -0.264 e. The van der Waals surface area contributed by atoms with Crippen LogP contribution in [-0.2, 0) is 0 Å². The molecule has 0 amide bonds. The first-order valence-corrected chi connectivity index (χ1v) is 17.9. The number of hydrogen-bond acceptors (Lipinski definition) is 3. The standard InChI is InChI=1S/C48H32N2S/c1-5-14-33(15-6-1)38-24-39(34-16-7-2-8-17-34)27-42(26-38)43-30-45(47-46(31-43)51-48(50-47)37-22-13-23-49-32-37)44-28-40(35-18-9-3-10-19-35)25-41(29-44)36-20-11-4-12-21-36/h1-32H. The van der Waals surface area contributed by atoms with Gasteiger partial charge in [0.15, 0.2) is 0 Å². The fraction of sp³-hybridized carbons (Fsp3) is 0. The number of rotatable bonds is 7. The van der Waals surface area contributed by atoms with Gasteiger partial charge >= 0.3 is 0 Å². The van der Waals surface area contributed by atoms with Crippen molar-refractivity contribution in [3.05, 3.63) is 194 Å². The molecule has 2 nitrogen and oxygen atoms in total. The third-order valence-electron chi connectivity index (χ3n) is 9.34. The van der Waals surface area contributed by atoms with Crippen LogP contribution in [0.4, 0.5) is 0 Å². The van der Waals surface area contributed by atoms with E-state index in [-0.39, 0.29) is 0 Å². The van der Waals surface area contributed by atoms with Crippen LogP contribution in [0, 0.1) is 0 Å². The third kappa shape index (κ3) is 6.27. The summed E-state index contributed by atoms with van der Waals surface area (Å²) in [6, 6.07) is 65.2. The van der Waals surface area contributed by atoms with Gasteiger partial charge in [0.05, 0.1) is 10.2 Å². The molecule has 9 aromatic rings. The summed E-state index contributed by atoms with van der Waals surface area (Å²) in [7, 11) is 0. The van der Waals surface area contributed by atoms with Crippen molar-refractivity contribution >= 4 is 21.6 Å². The highest BCUT2D eigenvalue weighted by atomic mass is 32.1. The Morgan fingerprint density at radius 3 is 1.16 bits per heavy atom. The maximum Gasteiger partial charge on any atom is 0.126 e. The van der Waals surface area contributed by atoms with Gasteiger partial charge in [0.2, 0.25) is 0 Å².